The van der Waals surface area contributed by atoms with Crippen molar-refractivity contribution >= 4 is 6.21 Å². The van der Waals surface area contributed by atoms with Gasteiger partial charge in [-0.1, -0.05) is 13.3 Å². The van der Waals surface area contributed by atoms with E-state index < -0.39 is 0 Å². The molecule has 0 amide bonds. The fourth-order valence-corrected chi connectivity index (χ4v) is 0.458. The number of hydrogen-bond acceptors (Lipinski definition) is 1. The first-order valence-electron chi connectivity index (χ1n) is 3.09. The minimum atomic E-state index is -0.237. The maximum absolute atomic E-state index is 12.3. The standard InChI is InChI=1S/C7H12FN/c1-3-4-5-7(8)6-9-2/h5-6H,3-4H2,1-2H3. The Morgan fingerprint density at radius 3 is 2.78 bits per heavy atom. The zero-order valence-electron chi connectivity index (χ0n) is 5.89. The molecule has 0 bridgehead atoms. The van der Waals surface area contributed by atoms with Gasteiger partial charge in [0.25, 0.3) is 0 Å². The lowest BCUT2D eigenvalue weighted by molar-refractivity contribution is 0.677. The highest BCUT2D eigenvalue weighted by Gasteiger charge is 1.83. The quantitative estimate of drug-likeness (QED) is 0.518. The third-order valence-corrected chi connectivity index (χ3v) is 0.880. The van der Waals surface area contributed by atoms with Crippen LogP contribution in [0.2, 0.25) is 0 Å². The van der Waals surface area contributed by atoms with Crippen molar-refractivity contribution in [2.75, 3.05) is 7.05 Å². The van der Waals surface area contributed by atoms with Crippen LogP contribution >= 0.6 is 0 Å². The molecule has 0 fully saturated rings. The van der Waals surface area contributed by atoms with E-state index in [1.165, 1.54) is 12.3 Å². The highest BCUT2D eigenvalue weighted by Crippen LogP contribution is 1.96. The smallest absolute Gasteiger partial charge is 0.136 e. The van der Waals surface area contributed by atoms with Crippen molar-refractivity contribution < 1.29 is 4.39 Å². The SMILES string of the molecule is CCCC=C(F)C=NC. The highest BCUT2D eigenvalue weighted by molar-refractivity contribution is 5.75. The molecule has 0 aromatic heterocycles. The fourth-order valence-electron chi connectivity index (χ4n) is 0.458. The van der Waals surface area contributed by atoms with E-state index in [-0.39, 0.29) is 5.83 Å². The second kappa shape index (κ2) is 5.48. The van der Waals surface area contributed by atoms with E-state index in [9.17, 15) is 4.39 Å². The summed E-state index contributed by atoms with van der Waals surface area (Å²) in [7, 11) is 1.55. The van der Waals surface area contributed by atoms with Crippen LogP contribution < -0.4 is 0 Å². The zero-order valence-corrected chi connectivity index (χ0v) is 5.89. The highest BCUT2D eigenvalue weighted by atomic mass is 19.1. The molecule has 0 aromatic rings. The van der Waals surface area contributed by atoms with Gasteiger partial charge in [0.15, 0.2) is 0 Å². The molecule has 0 aliphatic heterocycles. The Balaban J connectivity index is 3.55. The van der Waals surface area contributed by atoms with Crippen LogP contribution in [0.1, 0.15) is 19.8 Å². The van der Waals surface area contributed by atoms with Crippen molar-refractivity contribution in [3.8, 4) is 0 Å². The van der Waals surface area contributed by atoms with Gasteiger partial charge >= 0.3 is 0 Å². The van der Waals surface area contributed by atoms with Gasteiger partial charge in [-0.05, 0) is 12.5 Å². The van der Waals surface area contributed by atoms with Crippen molar-refractivity contribution in [2.24, 2.45) is 4.99 Å². The lowest BCUT2D eigenvalue weighted by Crippen LogP contribution is -1.74. The van der Waals surface area contributed by atoms with Gasteiger partial charge < -0.3 is 0 Å². The van der Waals surface area contributed by atoms with Crippen molar-refractivity contribution in [2.45, 2.75) is 19.8 Å². The predicted molar refractivity (Wildman–Crippen MR) is 38.5 cm³/mol. The van der Waals surface area contributed by atoms with Gasteiger partial charge in [0.05, 0.1) is 6.21 Å². The summed E-state index contributed by atoms with van der Waals surface area (Å²) in [6.07, 6.45) is 4.52. The van der Waals surface area contributed by atoms with Gasteiger partial charge in [-0.3, -0.25) is 4.99 Å². The van der Waals surface area contributed by atoms with Gasteiger partial charge in [0, 0.05) is 7.05 Å². The van der Waals surface area contributed by atoms with Gasteiger partial charge in [-0.2, -0.15) is 0 Å². The van der Waals surface area contributed by atoms with E-state index in [1.807, 2.05) is 6.92 Å². The minimum Gasteiger partial charge on any atom is -0.293 e. The summed E-state index contributed by atoms with van der Waals surface area (Å²) in [6.45, 7) is 2.01. The van der Waals surface area contributed by atoms with Crippen molar-refractivity contribution in [3.05, 3.63) is 11.9 Å². The normalized spacial score (nSPS) is 13.0. The van der Waals surface area contributed by atoms with Crippen LogP contribution in [0.4, 0.5) is 4.39 Å². The van der Waals surface area contributed by atoms with Crippen LogP contribution in [0.25, 0.3) is 0 Å². The minimum absolute atomic E-state index is 0.237. The predicted octanol–water partition coefficient (Wildman–Crippen LogP) is 2.34. The van der Waals surface area contributed by atoms with E-state index in [4.69, 9.17) is 0 Å². The topological polar surface area (TPSA) is 12.4 Å². The molecule has 0 heterocycles. The molecule has 0 saturated carbocycles. The lowest BCUT2D eigenvalue weighted by atomic mass is 10.3. The van der Waals surface area contributed by atoms with Gasteiger partial charge in [-0.15, -0.1) is 0 Å². The number of nitrogens with zero attached hydrogens (tertiary/aromatic N) is 1. The van der Waals surface area contributed by atoms with Crippen molar-refractivity contribution in [1.29, 1.82) is 0 Å². The van der Waals surface area contributed by atoms with Gasteiger partial charge in [0.2, 0.25) is 0 Å². The van der Waals surface area contributed by atoms with Crippen LogP contribution in [0.3, 0.4) is 0 Å². The molecule has 9 heavy (non-hydrogen) atoms. The number of rotatable bonds is 3. The van der Waals surface area contributed by atoms with E-state index in [0.29, 0.717) is 0 Å². The molecule has 0 saturated heterocycles. The average Bonchev–Trinajstić information content (AvgIpc) is 1.85. The third kappa shape index (κ3) is 5.21. The summed E-state index contributed by atoms with van der Waals surface area (Å²) in [6, 6.07) is 0. The molecular weight excluding hydrogens is 117 g/mol. The summed E-state index contributed by atoms with van der Waals surface area (Å²) in [5.41, 5.74) is 0. The molecule has 2 heteroatoms. The Bertz CT molecular complexity index is 116. The second-order valence-electron chi connectivity index (χ2n) is 1.76. The summed E-state index contributed by atoms with van der Waals surface area (Å²) in [5, 5.41) is 0. The molecule has 1 nitrogen and oxygen atoms in total. The maximum Gasteiger partial charge on any atom is 0.136 e. The number of halogens is 1. The summed E-state index contributed by atoms with van der Waals surface area (Å²) in [4.78, 5) is 3.52. The summed E-state index contributed by atoms with van der Waals surface area (Å²) >= 11 is 0. The monoisotopic (exact) mass is 129 g/mol. The second-order valence-corrected chi connectivity index (χ2v) is 1.76. The van der Waals surface area contributed by atoms with E-state index in [0.717, 1.165) is 12.8 Å². The molecule has 0 aliphatic carbocycles. The number of unbranched alkanes of at least 4 members (excludes halogenated alkanes) is 1. The Kier molecular flexibility index (Phi) is 5.07. The Labute approximate surface area is 55.3 Å². The Morgan fingerprint density at radius 2 is 2.33 bits per heavy atom. The lowest BCUT2D eigenvalue weighted by Gasteiger charge is -1.84. The summed E-state index contributed by atoms with van der Waals surface area (Å²) in [5.74, 6) is -0.237. The number of allylic oxidation sites excluding steroid dienone is 2. The molecular formula is C7H12FN. The molecule has 0 atom stereocenters. The third-order valence-electron chi connectivity index (χ3n) is 0.880. The van der Waals surface area contributed by atoms with Crippen LogP contribution in [0.15, 0.2) is 16.9 Å². The molecule has 0 N–H and O–H groups in total. The van der Waals surface area contributed by atoms with Crippen LogP contribution in [0.5, 0.6) is 0 Å². The Hall–Kier alpha value is -0.660. The molecule has 0 radical (unpaired) electrons. The first kappa shape index (κ1) is 8.34. The molecule has 0 aliphatic rings. The van der Waals surface area contributed by atoms with Crippen molar-refractivity contribution in [3.63, 3.8) is 0 Å². The largest absolute Gasteiger partial charge is 0.293 e. The fraction of sp³-hybridized carbons (Fsp3) is 0.571. The molecule has 0 rings (SSSR count). The average molecular weight is 129 g/mol. The summed E-state index contributed by atoms with van der Waals surface area (Å²) < 4.78 is 12.3. The van der Waals surface area contributed by atoms with E-state index in [2.05, 4.69) is 4.99 Å². The molecule has 0 aromatic carbocycles. The van der Waals surface area contributed by atoms with E-state index >= 15 is 0 Å². The first-order valence-corrected chi connectivity index (χ1v) is 3.09. The van der Waals surface area contributed by atoms with E-state index in [1.54, 1.807) is 7.05 Å². The molecule has 52 valence electrons. The number of hydrogen-bond donors (Lipinski definition) is 0. The Morgan fingerprint density at radius 1 is 1.67 bits per heavy atom. The maximum atomic E-state index is 12.3. The van der Waals surface area contributed by atoms with Gasteiger partial charge in [0.1, 0.15) is 5.83 Å². The zero-order chi connectivity index (χ0) is 7.11. The molecule has 0 unspecified atom stereocenters. The van der Waals surface area contributed by atoms with Crippen molar-refractivity contribution in [1.82, 2.24) is 0 Å². The molecule has 0 spiro atoms. The number of aliphatic imine (C=N–C) groups is 1. The van der Waals surface area contributed by atoms with Crippen LogP contribution in [-0.2, 0) is 0 Å². The first-order chi connectivity index (χ1) is 4.31. The van der Waals surface area contributed by atoms with Gasteiger partial charge in [-0.25, -0.2) is 4.39 Å². The van der Waals surface area contributed by atoms with Crippen LogP contribution in [0, 0.1) is 0 Å². The van der Waals surface area contributed by atoms with Crippen LogP contribution in [-0.4, -0.2) is 13.3 Å².